The topological polar surface area (TPSA) is 75.3 Å². The number of carbonyl (C=O) groups excluding carboxylic acids is 1. The van der Waals surface area contributed by atoms with E-state index in [1.165, 1.54) is 12.1 Å². The van der Waals surface area contributed by atoms with E-state index in [2.05, 4.69) is 10.0 Å². The quantitative estimate of drug-likeness (QED) is 0.624. The molecule has 0 unspecified atom stereocenters. The number of sulfonamides is 1. The summed E-state index contributed by atoms with van der Waals surface area (Å²) in [5.74, 6) is -0.404. The van der Waals surface area contributed by atoms with Crippen LogP contribution >= 0.6 is 0 Å². The van der Waals surface area contributed by atoms with Gasteiger partial charge in [0.2, 0.25) is 15.9 Å². The van der Waals surface area contributed by atoms with Gasteiger partial charge in [0.05, 0.1) is 4.90 Å². The second kappa shape index (κ2) is 9.03. The fraction of sp³-hybridized carbons (Fsp3) is 0.174. The lowest BCUT2D eigenvalue weighted by atomic mass is 10.1. The summed E-state index contributed by atoms with van der Waals surface area (Å²) in [6.07, 6.45) is 0.240. The Morgan fingerprint density at radius 2 is 1.48 bits per heavy atom. The molecule has 0 bridgehead atoms. The summed E-state index contributed by atoms with van der Waals surface area (Å²) in [5.41, 5.74) is 3.39. The molecule has 3 rings (SSSR count). The number of hydrogen-bond donors (Lipinski definition) is 2. The van der Waals surface area contributed by atoms with Crippen LogP contribution in [0.5, 0.6) is 0 Å². The standard InChI is InChI=1S/C23H24N2O3S/c1-17-12-14-20(15-13-17)29(27,28)25-22(16-19-9-4-3-5-10-19)23(26)24-21-11-7-6-8-18(21)2/h3-15,22,25H,16H2,1-2H3,(H,24,26)/t22-/m0/s1. The smallest absolute Gasteiger partial charge is 0.242 e. The number of hydrogen-bond acceptors (Lipinski definition) is 3. The molecule has 3 aromatic rings. The summed E-state index contributed by atoms with van der Waals surface area (Å²) in [6, 6.07) is 22.3. The maximum atomic E-state index is 13.0. The number of para-hydroxylation sites is 1. The molecule has 150 valence electrons. The van der Waals surface area contributed by atoms with Crippen molar-refractivity contribution in [2.45, 2.75) is 31.2 Å². The van der Waals surface area contributed by atoms with Crippen LogP contribution in [0.15, 0.2) is 83.8 Å². The van der Waals surface area contributed by atoms with Crippen molar-refractivity contribution >= 4 is 21.6 Å². The highest BCUT2D eigenvalue weighted by molar-refractivity contribution is 7.89. The molecule has 0 saturated heterocycles. The van der Waals surface area contributed by atoms with Crippen molar-refractivity contribution in [3.8, 4) is 0 Å². The molecule has 0 heterocycles. The van der Waals surface area contributed by atoms with Crippen LogP contribution in [0, 0.1) is 13.8 Å². The Balaban J connectivity index is 1.87. The Morgan fingerprint density at radius 1 is 0.862 bits per heavy atom. The van der Waals surface area contributed by atoms with Gasteiger partial charge in [-0.05, 0) is 49.6 Å². The molecule has 1 amide bonds. The lowest BCUT2D eigenvalue weighted by Gasteiger charge is -2.19. The molecule has 0 aliphatic rings. The van der Waals surface area contributed by atoms with Gasteiger partial charge >= 0.3 is 0 Å². The number of anilines is 1. The Hall–Kier alpha value is -2.96. The molecule has 1 atom stereocenters. The van der Waals surface area contributed by atoms with Crippen LogP contribution in [0.3, 0.4) is 0 Å². The van der Waals surface area contributed by atoms with Crippen LogP contribution in [-0.4, -0.2) is 20.4 Å². The fourth-order valence-electron chi connectivity index (χ4n) is 2.94. The summed E-state index contributed by atoms with van der Waals surface area (Å²) in [4.78, 5) is 13.1. The van der Waals surface area contributed by atoms with Gasteiger partial charge in [0.15, 0.2) is 0 Å². The highest BCUT2D eigenvalue weighted by Gasteiger charge is 2.26. The largest absolute Gasteiger partial charge is 0.324 e. The summed E-state index contributed by atoms with van der Waals surface area (Å²) in [6.45, 7) is 3.77. The third-order valence-electron chi connectivity index (χ3n) is 4.63. The minimum Gasteiger partial charge on any atom is -0.324 e. The monoisotopic (exact) mass is 408 g/mol. The van der Waals surface area contributed by atoms with Gasteiger partial charge in [-0.15, -0.1) is 0 Å². The van der Waals surface area contributed by atoms with Crippen molar-refractivity contribution in [2.24, 2.45) is 0 Å². The first-order chi connectivity index (χ1) is 13.8. The van der Waals surface area contributed by atoms with Gasteiger partial charge in [-0.25, -0.2) is 8.42 Å². The third-order valence-corrected chi connectivity index (χ3v) is 6.12. The highest BCUT2D eigenvalue weighted by Crippen LogP contribution is 2.16. The van der Waals surface area contributed by atoms with Gasteiger partial charge in [0.25, 0.3) is 0 Å². The molecule has 0 radical (unpaired) electrons. The van der Waals surface area contributed by atoms with Gasteiger partial charge in [0, 0.05) is 5.69 Å². The lowest BCUT2D eigenvalue weighted by molar-refractivity contribution is -0.117. The van der Waals surface area contributed by atoms with Crippen molar-refractivity contribution in [1.29, 1.82) is 0 Å². The van der Waals surface area contributed by atoms with E-state index >= 15 is 0 Å². The second-order valence-corrected chi connectivity index (χ2v) is 8.69. The van der Waals surface area contributed by atoms with E-state index in [4.69, 9.17) is 0 Å². The van der Waals surface area contributed by atoms with Crippen molar-refractivity contribution in [1.82, 2.24) is 4.72 Å². The Labute approximate surface area is 171 Å². The van der Waals surface area contributed by atoms with Gasteiger partial charge < -0.3 is 5.32 Å². The predicted molar refractivity (Wildman–Crippen MR) is 115 cm³/mol. The molecule has 0 aliphatic heterocycles. The van der Waals surface area contributed by atoms with Crippen molar-refractivity contribution in [2.75, 3.05) is 5.32 Å². The molecule has 5 nitrogen and oxygen atoms in total. The van der Waals surface area contributed by atoms with E-state index in [9.17, 15) is 13.2 Å². The first kappa shape index (κ1) is 20.8. The molecular weight excluding hydrogens is 384 g/mol. The van der Waals surface area contributed by atoms with Crippen LogP contribution in [0.4, 0.5) is 5.69 Å². The van der Waals surface area contributed by atoms with E-state index in [0.29, 0.717) is 5.69 Å². The highest BCUT2D eigenvalue weighted by atomic mass is 32.2. The van der Waals surface area contributed by atoms with Gasteiger partial charge in [-0.1, -0.05) is 66.2 Å². The Kier molecular flexibility index (Phi) is 6.46. The fourth-order valence-corrected chi connectivity index (χ4v) is 4.14. The van der Waals surface area contributed by atoms with Gasteiger partial charge in [-0.3, -0.25) is 4.79 Å². The first-order valence-electron chi connectivity index (χ1n) is 9.34. The SMILES string of the molecule is Cc1ccc(S(=O)(=O)N[C@@H](Cc2ccccc2)C(=O)Nc2ccccc2C)cc1. The molecular formula is C23H24N2O3S. The van der Waals surface area contributed by atoms with E-state index in [1.54, 1.807) is 18.2 Å². The molecule has 6 heteroatoms. The summed E-state index contributed by atoms with van der Waals surface area (Å²) in [5, 5.41) is 2.85. The first-order valence-corrected chi connectivity index (χ1v) is 10.8. The second-order valence-electron chi connectivity index (χ2n) is 6.98. The van der Waals surface area contributed by atoms with Crippen molar-refractivity contribution in [3.63, 3.8) is 0 Å². The van der Waals surface area contributed by atoms with Crippen molar-refractivity contribution in [3.05, 3.63) is 95.6 Å². The normalized spacial score (nSPS) is 12.3. The number of nitrogens with one attached hydrogen (secondary N) is 2. The predicted octanol–water partition coefficient (Wildman–Crippen LogP) is 3.83. The van der Waals surface area contributed by atoms with Crippen LogP contribution in [0.2, 0.25) is 0 Å². The number of carbonyl (C=O) groups is 1. The number of aryl methyl sites for hydroxylation is 2. The van der Waals surface area contributed by atoms with Crippen LogP contribution < -0.4 is 10.0 Å². The molecule has 2 N–H and O–H groups in total. The lowest BCUT2D eigenvalue weighted by Crippen LogP contribution is -2.45. The van der Waals surface area contributed by atoms with E-state index < -0.39 is 22.0 Å². The Morgan fingerprint density at radius 3 is 2.14 bits per heavy atom. The third kappa shape index (κ3) is 5.53. The molecule has 0 aliphatic carbocycles. The molecule has 0 aromatic heterocycles. The van der Waals surface area contributed by atoms with Crippen molar-refractivity contribution < 1.29 is 13.2 Å². The molecule has 0 fully saturated rings. The average Bonchev–Trinajstić information content (AvgIpc) is 2.70. The van der Waals surface area contributed by atoms with E-state index in [-0.39, 0.29) is 11.3 Å². The number of rotatable bonds is 7. The zero-order valence-electron chi connectivity index (χ0n) is 16.4. The van der Waals surface area contributed by atoms with E-state index in [1.807, 2.05) is 62.4 Å². The van der Waals surface area contributed by atoms with Gasteiger partial charge in [0.1, 0.15) is 6.04 Å². The van der Waals surface area contributed by atoms with Crippen LogP contribution in [0.1, 0.15) is 16.7 Å². The Bertz CT molecular complexity index is 1080. The summed E-state index contributed by atoms with van der Waals surface area (Å²) >= 11 is 0. The maximum absolute atomic E-state index is 13.0. The minimum absolute atomic E-state index is 0.129. The summed E-state index contributed by atoms with van der Waals surface area (Å²) in [7, 11) is -3.85. The maximum Gasteiger partial charge on any atom is 0.242 e. The zero-order chi connectivity index (χ0) is 20.9. The molecule has 3 aromatic carbocycles. The van der Waals surface area contributed by atoms with Gasteiger partial charge in [-0.2, -0.15) is 4.72 Å². The minimum atomic E-state index is -3.85. The number of benzene rings is 3. The molecule has 29 heavy (non-hydrogen) atoms. The van der Waals surface area contributed by atoms with E-state index in [0.717, 1.165) is 16.7 Å². The molecule has 0 saturated carbocycles. The zero-order valence-corrected chi connectivity index (χ0v) is 17.2. The number of amides is 1. The average molecular weight is 409 g/mol. The van der Waals surface area contributed by atoms with Crippen LogP contribution in [0.25, 0.3) is 0 Å². The summed E-state index contributed by atoms with van der Waals surface area (Å²) < 4.78 is 28.3. The molecule has 0 spiro atoms. The van der Waals surface area contributed by atoms with Crippen LogP contribution in [-0.2, 0) is 21.2 Å².